The minimum Gasteiger partial charge on any atom is -0.310 e. The molecule has 0 amide bonds. The van der Waals surface area contributed by atoms with Crippen molar-refractivity contribution in [2.45, 2.75) is 12.8 Å². The molecule has 0 atom stereocenters. The Labute approximate surface area is 664 Å². The van der Waals surface area contributed by atoms with Crippen molar-refractivity contribution in [3.8, 4) is 45.5 Å². The van der Waals surface area contributed by atoms with Crippen LogP contribution < -0.4 is 14.7 Å². The van der Waals surface area contributed by atoms with Crippen molar-refractivity contribution in [3.05, 3.63) is 406 Å². The van der Waals surface area contributed by atoms with Crippen LogP contribution in [0.3, 0.4) is 0 Å². The van der Waals surface area contributed by atoms with E-state index in [0.29, 0.717) is 23.4 Å². The molecule has 0 unspecified atom stereocenters. The van der Waals surface area contributed by atoms with E-state index in [1.54, 1.807) is 0 Å². The van der Waals surface area contributed by atoms with E-state index in [-0.39, 0.29) is 0 Å². The number of para-hydroxylation sites is 5. The van der Waals surface area contributed by atoms with Gasteiger partial charge in [0.25, 0.3) is 0 Å². The number of benzene rings is 17. The lowest BCUT2D eigenvalue weighted by atomic mass is 9.75. The van der Waals surface area contributed by atoms with Crippen LogP contribution in [0, 0.1) is 5.92 Å². The molecule has 9 heteroatoms. The van der Waals surface area contributed by atoms with E-state index in [1.165, 1.54) is 72.8 Å². The third-order valence-electron chi connectivity index (χ3n) is 23.5. The molecule has 1 fully saturated rings. The van der Waals surface area contributed by atoms with Crippen LogP contribution in [0.2, 0.25) is 0 Å². The number of rotatable bonds is 15. The van der Waals surface area contributed by atoms with Gasteiger partial charge in [-0.15, -0.1) is 0 Å². The standard InChI is InChI=1S/C106H71N9/c1-3-31-80(32-4-1)113-98-41-16-13-38-92(98)95-66-88(50-53-101(95)113)110(85-47-44-71-22-7-10-25-74(71)60-85)82-35-19-28-77(63-82)104-107-105(78-29-20-36-83(64-78)111(86-48-45-72-23-8-11-26-75(72)61-86)89-51-54-102-96(67-89)93-39-14-17-42-99(93)114(102)81-33-5-2-6-34-81)109-106(108-104)79-30-21-37-84(65-79)112(87-49-46-73-24-9-12-27-76(73)62-87)90-52-55-103-97(68-90)94-40-15-18-43-100(94)115(103)91-58-69-56-70(57-69)59-91/h1-55,58-69H,56-57H2. The average Bonchev–Trinajstić information content (AvgIpc) is 1.66. The first-order chi connectivity index (χ1) is 56.9. The highest BCUT2D eigenvalue weighted by molar-refractivity contribution is 6.14. The van der Waals surface area contributed by atoms with Gasteiger partial charge in [0, 0.05) is 117 Å². The Kier molecular flexibility index (Phi) is 15.3. The summed E-state index contributed by atoms with van der Waals surface area (Å²) in [5.74, 6) is 2.17. The molecule has 540 valence electrons. The van der Waals surface area contributed by atoms with Gasteiger partial charge in [0.2, 0.25) is 0 Å². The molecule has 3 aliphatic carbocycles. The van der Waals surface area contributed by atoms with Crippen LogP contribution >= 0.6 is 0 Å². The number of anilines is 9. The van der Waals surface area contributed by atoms with Crippen molar-refractivity contribution in [2.24, 2.45) is 5.92 Å². The molecule has 21 aromatic rings. The molecule has 3 aliphatic rings. The van der Waals surface area contributed by atoms with Crippen LogP contribution in [-0.4, -0.2) is 28.7 Å². The molecule has 4 heterocycles. The predicted octanol–water partition coefficient (Wildman–Crippen LogP) is 28.2. The minimum atomic E-state index is 0.526. The third kappa shape index (κ3) is 11.3. The maximum atomic E-state index is 5.68. The van der Waals surface area contributed by atoms with Gasteiger partial charge < -0.3 is 28.4 Å². The van der Waals surface area contributed by atoms with Crippen LogP contribution in [0.25, 0.3) is 149 Å². The SMILES string of the molecule is C1=C2CC(C=C1n1c3ccccc3c3cc(N(c4cccc(-c5nc(-c6cccc(N(c7ccc8ccccc8c7)c7ccc8c(c7)c7ccccc7n8-c7ccccc7)c6)nc(-c6cccc(N(c7ccc8ccccc8c7)c7ccc8c(c7)c7ccccc7n8-c7ccccc7)c6)n5)c4)c4ccc5ccccc5c4)ccc31)C2. The maximum absolute atomic E-state index is 5.68. The lowest BCUT2D eigenvalue weighted by Gasteiger charge is -2.32. The molecule has 9 nitrogen and oxygen atoms in total. The van der Waals surface area contributed by atoms with E-state index in [1.807, 2.05) is 0 Å². The molecular formula is C106H71N9. The van der Waals surface area contributed by atoms with Crippen LogP contribution in [0.5, 0.6) is 0 Å². The second kappa shape index (κ2) is 26.8. The zero-order chi connectivity index (χ0) is 75.6. The van der Waals surface area contributed by atoms with Gasteiger partial charge in [-0.25, -0.2) is 15.0 Å². The summed E-state index contributed by atoms with van der Waals surface area (Å²) in [5.41, 5.74) is 23.4. The summed E-state index contributed by atoms with van der Waals surface area (Å²) < 4.78 is 7.22. The molecule has 17 aromatic carbocycles. The second-order valence-corrected chi connectivity index (χ2v) is 30.5. The van der Waals surface area contributed by atoms with Crippen LogP contribution in [0.1, 0.15) is 12.8 Å². The molecule has 0 radical (unpaired) electrons. The first-order valence-corrected chi connectivity index (χ1v) is 39.5. The Bertz CT molecular complexity index is 7280. The summed E-state index contributed by atoms with van der Waals surface area (Å²) in [6, 6.07) is 141. The Morgan fingerprint density at radius 3 is 0.887 bits per heavy atom. The molecule has 0 spiro atoms. The fourth-order valence-corrected chi connectivity index (χ4v) is 18.2. The van der Waals surface area contributed by atoms with E-state index in [2.05, 4.69) is 429 Å². The molecule has 0 saturated heterocycles. The predicted molar refractivity (Wildman–Crippen MR) is 479 cm³/mol. The van der Waals surface area contributed by atoms with Crippen molar-refractivity contribution >= 4 is 155 Å². The fourth-order valence-electron chi connectivity index (χ4n) is 18.2. The lowest BCUT2D eigenvalue weighted by Crippen LogP contribution is -2.18. The highest BCUT2D eigenvalue weighted by atomic mass is 15.2. The Morgan fingerprint density at radius 2 is 0.522 bits per heavy atom. The number of fused-ring (bicyclic) bond motifs is 13. The van der Waals surface area contributed by atoms with Crippen molar-refractivity contribution in [3.63, 3.8) is 0 Å². The van der Waals surface area contributed by atoms with Gasteiger partial charge in [-0.2, -0.15) is 0 Å². The Hall–Kier alpha value is -15.2. The topological polar surface area (TPSA) is 63.2 Å². The summed E-state index contributed by atoms with van der Waals surface area (Å²) in [4.78, 5) is 24.2. The molecule has 24 rings (SSSR count). The van der Waals surface area contributed by atoms with Gasteiger partial charge in [-0.1, -0.05) is 230 Å². The van der Waals surface area contributed by atoms with Gasteiger partial charge in [0.05, 0.1) is 33.1 Å². The zero-order valence-electron chi connectivity index (χ0n) is 62.6. The van der Waals surface area contributed by atoms with Gasteiger partial charge >= 0.3 is 0 Å². The van der Waals surface area contributed by atoms with E-state index in [9.17, 15) is 0 Å². The summed E-state index contributed by atoms with van der Waals surface area (Å²) in [6.07, 6.45) is 7.23. The number of allylic oxidation sites excluding steroid dienone is 4. The average molecular weight is 1470 g/mol. The summed E-state index contributed by atoms with van der Waals surface area (Å²) >= 11 is 0. The second-order valence-electron chi connectivity index (χ2n) is 30.5. The molecule has 1 saturated carbocycles. The minimum absolute atomic E-state index is 0.526. The summed E-state index contributed by atoms with van der Waals surface area (Å²) in [5, 5.41) is 14.0. The molecule has 0 N–H and O–H groups in total. The first kappa shape index (κ1) is 65.7. The zero-order valence-corrected chi connectivity index (χ0v) is 62.6. The van der Waals surface area contributed by atoms with Gasteiger partial charge in [-0.3, -0.25) is 0 Å². The lowest BCUT2D eigenvalue weighted by molar-refractivity contribution is 0.505. The monoisotopic (exact) mass is 1470 g/mol. The van der Waals surface area contributed by atoms with Gasteiger partial charge in [-0.05, 0) is 227 Å². The fraction of sp³-hybridized carbons (Fsp3) is 0.0283. The summed E-state index contributed by atoms with van der Waals surface area (Å²) in [6.45, 7) is 0. The number of nitrogens with zero attached hydrogens (tertiary/aromatic N) is 9. The maximum Gasteiger partial charge on any atom is 0.164 e. The van der Waals surface area contributed by atoms with Crippen LogP contribution in [0.4, 0.5) is 51.2 Å². The highest BCUT2D eigenvalue weighted by Gasteiger charge is 2.29. The molecule has 115 heavy (non-hydrogen) atoms. The molecule has 2 bridgehead atoms. The smallest absolute Gasteiger partial charge is 0.164 e. The third-order valence-corrected chi connectivity index (χ3v) is 23.5. The first-order valence-electron chi connectivity index (χ1n) is 39.5. The van der Waals surface area contributed by atoms with Gasteiger partial charge in [0.1, 0.15) is 0 Å². The highest BCUT2D eigenvalue weighted by Crippen LogP contribution is 2.49. The van der Waals surface area contributed by atoms with E-state index in [0.717, 1.165) is 128 Å². The molecular weight excluding hydrogens is 1400 g/mol. The van der Waals surface area contributed by atoms with Crippen molar-refractivity contribution < 1.29 is 0 Å². The van der Waals surface area contributed by atoms with Crippen molar-refractivity contribution in [1.29, 1.82) is 0 Å². The van der Waals surface area contributed by atoms with E-state index < -0.39 is 0 Å². The van der Waals surface area contributed by atoms with Gasteiger partial charge in [0.15, 0.2) is 17.5 Å². The number of aromatic nitrogens is 6. The quantitative estimate of drug-likeness (QED) is 0.102. The van der Waals surface area contributed by atoms with Crippen LogP contribution in [-0.2, 0) is 0 Å². The van der Waals surface area contributed by atoms with Crippen molar-refractivity contribution in [2.75, 3.05) is 14.7 Å². The molecule has 0 aliphatic heterocycles. The largest absolute Gasteiger partial charge is 0.310 e. The number of hydrogen-bond donors (Lipinski definition) is 0. The van der Waals surface area contributed by atoms with E-state index >= 15 is 0 Å². The normalized spacial score (nSPS) is 12.9. The Morgan fingerprint density at radius 1 is 0.226 bits per heavy atom. The van der Waals surface area contributed by atoms with E-state index in [4.69, 9.17) is 15.0 Å². The van der Waals surface area contributed by atoms with Crippen LogP contribution in [0.15, 0.2) is 406 Å². The number of hydrogen-bond acceptors (Lipinski definition) is 6. The van der Waals surface area contributed by atoms with Crippen molar-refractivity contribution in [1.82, 2.24) is 28.7 Å². The molecule has 4 aromatic heterocycles. The Balaban J connectivity index is 0.716. The summed E-state index contributed by atoms with van der Waals surface area (Å²) in [7, 11) is 0.